The number of ether oxygens (including phenoxy) is 1. The standard InChI is InChI=1S/C10H10Cl3NO2/c11-6-10(15)14-1-2-16-9-4-7(12)3-8(13)5-9/h3-5H,1-2,6H2,(H,14,15). The maximum Gasteiger partial charge on any atom is 0.235 e. The maximum absolute atomic E-state index is 10.8. The Labute approximate surface area is 109 Å². The third kappa shape index (κ3) is 4.92. The van der Waals surface area contributed by atoms with E-state index in [0.29, 0.717) is 28.9 Å². The molecule has 0 aliphatic rings. The molecule has 1 N–H and O–H groups in total. The molecule has 0 saturated carbocycles. The molecular weight excluding hydrogens is 272 g/mol. The number of halogens is 3. The summed E-state index contributed by atoms with van der Waals surface area (Å²) in [6, 6.07) is 4.92. The van der Waals surface area contributed by atoms with Gasteiger partial charge in [0, 0.05) is 10.0 Å². The fraction of sp³-hybridized carbons (Fsp3) is 0.300. The lowest BCUT2D eigenvalue weighted by Crippen LogP contribution is -2.28. The molecule has 6 heteroatoms. The number of hydrogen-bond acceptors (Lipinski definition) is 2. The molecule has 0 spiro atoms. The monoisotopic (exact) mass is 281 g/mol. The van der Waals surface area contributed by atoms with Crippen LogP contribution in [0.2, 0.25) is 10.0 Å². The van der Waals surface area contributed by atoms with E-state index in [1.165, 1.54) is 0 Å². The van der Waals surface area contributed by atoms with Gasteiger partial charge in [0.2, 0.25) is 5.91 Å². The van der Waals surface area contributed by atoms with Crippen molar-refractivity contribution in [3.05, 3.63) is 28.2 Å². The van der Waals surface area contributed by atoms with Crippen molar-refractivity contribution in [3.8, 4) is 5.75 Å². The van der Waals surface area contributed by atoms with Crippen LogP contribution in [0.25, 0.3) is 0 Å². The summed E-state index contributed by atoms with van der Waals surface area (Å²) in [5.74, 6) is 0.287. The van der Waals surface area contributed by atoms with Crippen molar-refractivity contribution < 1.29 is 9.53 Å². The Morgan fingerprint density at radius 2 is 1.88 bits per heavy atom. The summed E-state index contributed by atoms with van der Waals surface area (Å²) in [7, 11) is 0. The highest BCUT2D eigenvalue weighted by Crippen LogP contribution is 2.23. The second kappa shape index (κ2) is 6.84. The van der Waals surface area contributed by atoms with Gasteiger partial charge in [-0.1, -0.05) is 23.2 Å². The highest BCUT2D eigenvalue weighted by atomic mass is 35.5. The van der Waals surface area contributed by atoms with Crippen molar-refractivity contribution in [1.82, 2.24) is 5.32 Å². The minimum Gasteiger partial charge on any atom is -0.492 e. The summed E-state index contributed by atoms with van der Waals surface area (Å²) in [6.07, 6.45) is 0. The molecule has 1 aromatic carbocycles. The van der Waals surface area contributed by atoms with E-state index < -0.39 is 0 Å². The highest BCUT2D eigenvalue weighted by molar-refractivity contribution is 6.34. The molecule has 0 aliphatic heterocycles. The van der Waals surface area contributed by atoms with Crippen molar-refractivity contribution in [1.29, 1.82) is 0 Å². The second-order valence-electron chi connectivity index (χ2n) is 2.94. The van der Waals surface area contributed by atoms with Crippen molar-refractivity contribution in [3.63, 3.8) is 0 Å². The lowest BCUT2D eigenvalue weighted by atomic mass is 10.3. The normalized spacial score (nSPS) is 9.94. The first-order valence-corrected chi connectivity index (χ1v) is 5.82. The molecule has 0 saturated heterocycles. The smallest absolute Gasteiger partial charge is 0.235 e. The van der Waals surface area contributed by atoms with E-state index in [9.17, 15) is 4.79 Å². The van der Waals surface area contributed by atoms with E-state index in [1.54, 1.807) is 18.2 Å². The van der Waals surface area contributed by atoms with Crippen LogP contribution in [0.1, 0.15) is 0 Å². The zero-order valence-electron chi connectivity index (χ0n) is 8.30. The average molecular weight is 283 g/mol. The maximum atomic E-state index is 10.8. The molecular formula is C10H10Cl3NO2. The number of amides is 1. The van der Waals surface area contributed by atoms with Crippen LogP contribution in [0, 0.1) is 0 Å². The van der Waals surface area contributed by atoms with Crippen LogP contribution in [0.15, 0.2) is 18.2 Å². The Hall–Kier alpha value is -0.640. The number of benzene rings is 1. The van der Waals surface area contributed by atoms with Gasteiger partial charge in [-0.25, -0.2) is 0 Å². The number of carbonyl (C=O) groups is 1. The van der Waals surface area contributed by atoms with Gasteiger partial charge in [0.25, 0.3) is 0 Å². The molecule has 1 amide bonds. The number of carbonyl (C=O) groups excluding carboxylic acids is 1. The minimum atomic E-state index is -0.227. The highest BCUT2D eigenvalue weighted by Gasteiger charge is 2.00. The molecule has 88 valence electrons. The third-order valence-corrected chi connectivity index (χ3v) is 2.33. The molecule has 0 radical (unpaired) electrons. The van der Waals surface area contributed by atoms with E-state index in [-0.39, 0.29) is 11.8 Å². The lowest BCUT2D eigenvalue weighted by molar-refractivity contribution is -0.118. The quantitative estimate of drug-likeness (QED) is 0.666. The first-order valence-electron chi connectivity index (χ1n) is 4.53. The van der Waals surface area contributed by atoms with Gasteiger partial charge in [-0.15, -0.1) is 11.6 Å². The largest absolute Gasteiger partial charge is 0.492 e. The fourth-order valence-electron chi connectivity index (χ4n) is 1.02. The number of nitrogens with one attached hydrogen (secondary N) is 1. The molecule has 1 rings (SSSR count). The SMILES string of the molecule is O=C(CCl)NCCOc1cc(Cl)cc(Cl)c1. The van der Waals surface area contributed by atoms with Crippen molar-refractivity contribution in [2.45, 2.75) is 0 Å². The van der Waals surface area contributed by atoms with Gasteiger partial charge >= 0.3 is 0 Å². The minimum absolute atomic E-state index is 0.0526. The van der Waals surface area contributed by atoms with Crippen LogP contribution < -0.4 is 10.1 Å². The van der Waals surface area contributed by atoms with Crippen molar-refractivity contribution >= 4 is 40.7 Å². The zero-order valence-corrected chi connectivity index (χ0v) is 10.6. The molecule has 0 fully saturated rings. The Kier molecular flexibility index (Phi) is 5.74. The number of alkyl halides is 1. The summed E-state index contributed by atoms with van der Waals surface area (Å²) in [6.45, 7) is 0.717. The molecule has 3 nitrogen and oxygen atoms in total. The van der Waals surface area contributed by atoms with Crippen LogP contribution in [0.3, 0.4) is 0 Å². The van der Waals surface area contributed by atoms with Crippen LogP contribution >= 0.6 is 34.8 Å². The molecule has 0 bridgehead atoms. The van der Waals surface area contributed by atoms with Gasteiger partial charge in [0.05, 0.1) is 6.54 Å². The van der Waals surface area contributed by atoms with Gasteiger partial charge < -0.3 is 10.1 Å². The molecule has 16 heavy (non-hydrogen) atoms. The zero-order chi connectivity index (χ0) is 12.0. The first kappa shape index (κ1) is 13.4. The van der Waals surface area contributed by atoms with Gasteiger partial charge in [-0.05, 0) is 18.2 Å². The predicted molar refractivity (Wildman–Crippen MR) is 65.7 cm³/mol. The van der Waals surface area contributed by atoms with Crippen LogP contribution in [0.4, 0.5) is 0 Å². The van der Waals surface area contributed by atoms with E-state index in [0.717, 1.165) is 0 Å². The first-order chi connectivity index (χ1) is 7.61. The van der Waals surface area contributed by atoms with Gasteiger partial charge in [0.1, 0.15) is 18.2 Å². The Morgan fingerprint density at radius 3 is 2.44 bits per heavy atom. The topological polar surface area (TPSA) is 38.3 Å². The third-order valence-electron chi connectivity index (χ3n) is 1.65. The number of rotatable bonds is 5. The Balaban J connectivity index is 2.34. The molecule has 0 aliphatic carbocycles. The summed E-state index contributed by atoms with van der Waals surface area (Å²) in [5.41, 5.74) is 0. The molecule has 0 heterocycles. The summed E-state index contributed by atoms with van der Waals surface area (Å²) < 4.78 is 5.34. The van der Waals surface area contributed by atoms with E-state index in [2.05, 4.69) is 5.32 Å². The van der Waals surface area contributed by atoms with Gasteiger partial charge in [-0.3, -0.25) is 4.79 Å². The molecule has 1 aromatic rings. The summed E-state index contributed by atoms with van der Waals surface area (Å²) in [5, 5.41) is 3.58. The summed E-state index contributed by atoms with van der Waals surface area (Å²) >= 11 is 16.9. The molecule has 0 unspecified atom stereocenters. The second-order valence-corrected chi connectivity index (χ2v) is 4.08. The Morgan fingerprint density at radius 1 is 1.25 bits per heavy atom. The van der Waals surface area contributed by atoms with Gasteiger partial charge in [0.15, 0.2) is 0 Å². The van der Waals surface area contributed by atoms with E-state index in [4.69, 9.17) is 39.5 Å². The van der Waals surface area contributed by atoms with Crippen LogP contribution in [-0.4, -0.2) is 24.9 Å². The summed E-state index contributed by atoms with van der Waals surface area (Å²) in [4.78, 5) is 10.8. The van der Waals surface area contributed by atoms with Crippen LogP contribution in [-0.2, 0) is 4.79 Å². The van der Waals surface area contributed by atoms with Gasteiger partial charge in [-0.2, -0.15) is 0 Å². The van der Waals surface area contributed by atoms with E-state index >= 15 is 0 Å². The Bertz CT molecular complexity index is 351. The number of hydrogen-bond donors (Lipinski definition) is 1. The lowest BCUT2D eigenvalue weighted by Gasteiger charge is -2.07. The van der Waals surface area contributed by atoms with E-state index in [1.807, 2.05) is 0 Å². The fourth-order valence-corrected chi connectivity index (χ4v) is 1.62. The molecule has 0 atom stereocenters. The molecule has 0 aromatic heterocycles. The van der Waals surface area contributed by atoms with Crippen molar-refractivity contribution in [2.75, 3.05) is 19.0 Å². The predicted octanol–water partition coefficient (Wildman–Crippen LogP) is 2.73. The average Bonchev–Trinajstić information content (AvgIpc) is 2.22. The van der Waals surface area contributed by atoms with Crippen molar-refractivity contribution in [2.24, 2.45) is 0 Å². The van der Waals surface area contributed by atoms with Crippen LogP contribution in [0.5, 0.6) is 5.75 Å².